The molecule has 1 fully saturated rings. The molecule has 1 saturated heterocycles. The quantitative estimate of drug-likeness (QED) is 0.601. The van der Waals surface area contributed by atoms with Crippen LogP contribution in [-0.2, 0) is 0 Å². The first-order valence-electron chi connectivity index (χ1n) is 4.57. The highest BCUT2D eigenvalue weighted by atomic mass is 15.3. The molecule has 0 aromatic rings. The van der Waals surface area contributed by atoms with Crippen LogP contribution in [0.1, 0.15) is 13.3 Å². The van der Waals surface area contributed by atoms with Gasteiger partial charge in [-0.05, 0) is 13.6 Å². The van der Waals surface area contributed by atoms with Gasteiger partial charge in [-0.25, -0.2) is 0 Å². The van der Waals surface area contributed by atoms with Gasteiger partial charge in [0, 0.05) is 25.7 Å². The molecule has 0 aromatic carbocycles. The van der Waals surface area contributed by atoms with Gasteiger partial charge in [-0.15, -0.1) is 0 Å². The lowest BCUT2D eigenvalue weighted by atomic mass is 10.1. The molecular formula is C9H17N3. The highest BCUT2D eigenvalue weighted by molar-refractivity contribution is 4.87. The molecule has 1 heterocycles. The summed E-state index contributed by atoms with van der Waals surface area (Å²) in [5.74, 6) is 0. The van der Waals surface area contributed by atoms with Gasteiger partial charge < -0.3 is 4.90 Å². The number of rotatable bonds is 2. The Labute approximate surface area is 74.6 Å². The molecule has 0 amide bonds. The minimum atomic E-state index is 0.448. The van der Waals surface area contributed by atoms with E-state index in [9.17, 15) is 0 Å². The number of hydrogen-bond acceptors (Lipinski definition) is 3. The topological polar surface area (TPSA) is 30.3 Å². The Morgan fingerprint density at radius 3 is 2.83 bits per heavy atom. The molecule has 0 aromatic heterocycles. The van der Waals surface area contributed by atoms with E-state index in [1.165, 1.54) is 0 Å². The lowest BCUT2D eigenvalue weighted by molar-refractivity contribution is 0.102. The van der Waals surface area contributed by atoms with Crippen LogP contribution in [0, 0.1) is 11.3 Å². The van der Waals surface area contributed by atoms with E-state index in [4.69, 9.17) is 5.26 Å². The molecule has 1 rings (SSSR count). The molecule has 3 nitrogen and oxygen atoms in total. The molecule has 3 heteroatoms. The molecule has 68 valence electrons. The summed E-state index contributed by atoms with van der Waals surface area (Å²) in [7, 11) is 2.11. The normalized spacial score (nSPS) is 26.9. The summed E-state index contributed by atoms with van der Waals surface area (Å²) >= 11 is 0. The zero-order valence-corrected chi connectivity index (χ0v) is 7.95. The van der Waals surface area contributed by atoms with Crippen molar-refractivity contribution in [2.75, 3.05) is 33.2 Å². The first-order chi connectivity index (χ1) is 5.77. The Balaban J connectivity index is 2.42. The summed E-state index contributed by atoms with van der Waals surface area (Å²) < 4.78 is 0. The van der Waals surface area contributed by atoms with Gasteiger partial charge in [0.25, 0.3) is 0 Å². The van der Waals surface area contributed by atoms with Crippen molar-refractivity contribution in [2.24, 2.45) is 0 Å². The predicted octanol–water partition coefficient (Wildman–Crippen LogP) is 0.536. The Morgan fingerprint density at radius 1 is 1.50 bits per heavy atom. The number of hydrogen-bond donors (Lipinski definition) is 0. The van der Waals surface area contributed by atoms with Gasteiger partial charge in [0.05, 0.1) is 12.5 Å². The third-order valence-corrected chi connectivity index (χ3v) is 2.64. The Kier molecular flexibility index (Phi) is 3.51. The lowest BCUT2D eigenvalue weighted by Crippen LogP contribution is -2.50. The van der Waals surface area contributed by atoms with Crippen molar-refractivity contribution in [1.82, 2.24) is 9.80 Å². The first kappa shape index (κ1) is 9.50. The average Bonchev–Trinajstić information content (AvgIpc) is 2.09. The second kappa shape index (κ2) is 4.44. The molecule has 0 aliphatic carbocycles. The van der Waals surface area contributed by atoms with Gasteiger partial charge in [-0.3, -0.25) is 4.90 Å². The van der Waals surface area contributed by atoms with Gasteiger partial charge in [-0.1, -0.05) is 6.92 Å². The van der Waals surface area contributed by atoms with Crippen molar-refractivity contribution >= 4 is 0 Å². The molecule has 1 atom stereocenters. The second-order valence-corrected chi connectivity index (χ2v) is 3.39. The number of nitrogens with zero attached hydrogens (tertiary/aromatic N) is 3. The van der Waals surface area contributed by atoms with Crippen molar-refractivity contribution in [3.8, 4) is 6.07 Å². The largest absolute Gasteiger partial charge is 0.301 e. The van der Waals surface area contributed by atoms with Crippen LogP contribution in [0.2, 0.25) is 0 Å². The first-order valence-corrected chi connectivity index (χ1v) is 4.57. The van der Waals surface area contributed by atoms with Crippen LogP contribution in [0.3, 0.4) is 0 Å². The molecule has 1 unspecified atom stereocenters. The minimum Gasteiger partial charge on any atom is -0.301 e. The average molecular weight is 167 g/mol. The van der Waals surface area contributed by atoms with Crippen molar-refractivity contribution in [1.29, 1.82) is 5.26 Å². The number of nitriles is 1. The lowest BCUT2D eigenvalue weighted by Gasteiger charge is -2.37. The van der Waals surface area contributed by atoms with Gasteiger partial charge in [0.15, 0.2) is 0 Å². The van der Waals surface area contributed by atoms with Crippen LogP contribution in [0.25, 0.3) is 0 Å². The fourth-order valence-corrected chi connectivity index (χ4v) is 1.62. The van der Waals surface area contributed by atoms with Gasteiger partial charge in [0.2, 0.25) is 0 Å². The fraction of sp³-hybridized carbons (Fsp3) is 0.889. The maximum Gasteiger partial charge on any atom is 0.0638 e. The van der Waals surface area contributed by atoms with Crippen LogP contribution in [0.4, 0.5) is 0 Å². The van der Waals surface area contributed by atoms with Crippen molar-refractivity contribution in [3.63, 3.8) is 0 Å². The molecule has 1 aliphatic heterocycles. The van der Waals surface area contributed by atoms with E-state index in [-0.39, 0.29) is 0 Å². The third kappa shape index (κ3) is 2.20. The zero-order chi connectivity index (χ0) is 8.97. The zero-order valence-electron chi connectivity index (χ0n) is 7.95. The van der Waals surface area contributed by atoms with Crippen LogP contribution in [0.15, 0.2) is 0 Å². The molecule has 0 radical (unpaired) electrons. The maximum absolute atomic E-state index is 8.60. The Morgan fingerprint density at radius 2 is 2.25 bits per heavy atom. The summed E-state index contributed by atoms with van der Waals surface area (Å²) in [6.45, 7) is 6.58. The predicted molar refractivity (Wildman–Crippen MR) is 48.8 cm³/mol. The third-order valence-electron chi connectivity index (χ3n) is 2.64. The van der Waals surface area contributed by atoms with E-state index in [1.807, 2.05) is 0 Å². The maximum atomic E-state index is 8.60. The molecule has 0 saturated carbocycles. The van der Waals surface area contributed by atoms with E-state index in [2.05, 4.69) is 29.8 Å². The molecular weight excluding hydrogens is 150 g/mol. The molecule has 12 heavy (non-hydrogen) atoms. The van der Waals surface area contributed by atoms with Gasteiger partial charge in [-0.2, -0.15) is 5.26 Å². The van der Waals surface area contributed by atoms with Crippen LogP contribution in [0.5, 0.6) is 0 Å². The summed E-state index contributed by atoms with van der Waals surface area (Å²) in [5.41, 5.74) is 0. The molecule has 0 spiro atoms. The van der Waals surface area contributed by atoms with E-state index in [1.54, 1.807) is 0 Å². The summed E-state index contributed by atoms with van der Waals surface area (Å²) in [6, 6.07) is 2.69. The molecule has 0 N–H and O–H groups in total. The summed E-state index contributed by atoms with van der Waals surface area (Å²) in [4.78, 5) is 4.69. The van der Waals surface area contributed by atoms with E-state index >= 15 is 0 Å². The van der Waals surface area contributed by atoms with E-state index < -0.39 is 0 Å². The monoisotopic (exact) mass is 167 g/mol. The van der Waals surface area contributed by atoms with Gasteiger partial charge >= 0.3 is 0 Å². The van der Waals surface area contributed by atoms with Crippen molar-refractivity contribution in [3.05, 3.63) is 0 Å². The smallest absolute Gasteiger partial charge is 0.0638 e. The Hall–Kier alpha value is -0.590. The SMILES string of the molecule is CCN1CCN(C)C(CC#N)C1. The van der Waals surface area contributed by atoms with Crippen LogP contribution in [-0.4, -0.2) is 49.1 Å². The standard InChI is InChI=1S/C9H17N3/c1-3-12-7-6-11(2)9(8-12)4-5-10/h9H,3-4,6-8H2,1-2H3. The highest BCUT2D eigenvalue weighted by Crippen LogP contribution is 2.09. The molecule has 1 aliphatic rings. The summed E-state index contributed by atoms with van der Waals surface area (Å²) in [5, 5.41) is 8.60. The second-order valence-electron chi connectivity index (χ2n) is 3.39. The number of piperazine rings is 1. The van der Waals surface area contributed by atoms with Gasteiger partial charge in [0.1, 0.15) is 0 Å². The molecule has 0 bridgehead atoms. The Bertz CT molecular complexity index is 173. The van der Waals surface area contributed by atoms with E-state index in [0.29, 0.717) is 12.5 Å². The highest BCUT2D eigenvalue weighted by Gasteiger charge is 2.22. The van der Waals surface area contributed by atoms with Crippen LogP contribution >= 0.6 is 0 Å². The van der Waals surface area contributed by atoms with Crippen molar-refractivity contribution in [2.45, 2.75) is 19.4 Å². The fourth-order valence-electron chi connectivity index (χ4n) is 1.62. The van der Waals surface area contributed by atoms with Crippen LogP contribution < -0.4 is 0 Å². The minimum absolute atomic E-state index is 0.448. The number of likely N-dealkylation sites (N-methyl/N-ethyl adjacent to an activating group) is 2. The van der Waals surface area contributed by atoms with E-state index in [0.717, 1.165) is 26.2 Å². The summed E-state index contributed by atoms with van der Waals surface area (Å²) in [6.07, 6.45) is 0.660. The van der Waals surface area contributed by atoms with Crippen molar-refractivity contribution < 1.29 is 0 Å².